The zero-order valence-corrected chi connectivity index (χ0v) is 32.0. The minimum Gasteiger partial charge on any atom is -0.496 e. The number of pyridine rings is 1. The number of aromatic nitrogens is 1. The van der Waals surface area contributed by atoms with E-state index in [4.69, 9.17) is 9.16 Å². The summed E-state index contributed by atoms with van der Waals surface area (Å²) in [6.07, 6.45) is 10.5. The minimum absolute atomic E-state index is 0.0348. The number of benzene rings is 2. The van der Waals surface area contributed by atoms with Gasteiger partial charge in [0.2, 0.25) is 5.91 Å². The lowest BCUT2D eigenvalue weighted by Crippen LogP contribution is -2.46. The zero-order chi connectivity index (χ0) is 34.6. The summed E-state index contributed by atoms with van der Waals surface area (Å²) in [5.41, 5.74) is 5.77. The van der Waals surface area contributed by atoms with Crippen molar-refractivity contribution in [1.29, 1.82) is 0 Å². The van der Waals surface area contributed by atoms with Crippen LogP contribution in [0.2, 0.25) is 18.1 Å². The van der Waals surface area contributed by atoms with Crippen LogP contribution in [0.5, 0.6) is 5.75 Å². The van der Waals surface area contributed by atoms with E-state index < -0.39 is 8.32 Å². The molecule has 6 nitrogen and oxygen atoms in total. The Morgan fingerprint density at radius 1 is 0.896 bits per heavy atom. The summed E-state index contributed by atoms with van der Waals surface area (Å²) in [7, 11) is 3.91. The lowest BCUT2D eigenvalue weighted by atomic mass is 9.78. The van der Waals surface area contributed by atoms with E-state index >= 15 is 0 Å². The molecule has 2 aliphatic rings. The number of rotatable bonds is 10. The molecule has 1 aromatic heterocycles. The highest BCUT2D eigenvalue weighted by molar-refractivity contribution is 6.74. The monoisotopic (exact) mass is 669 g/mol. The van der Waals surface area contributed by atoms with Crippen molar-refractivity contribution in [2.24, 2.45) is 11.8 Å². The number of amides is 1. The van der Waals surface area contributed by atoms with Gasteiger partial charge in [-0.1, -0.05) is 45.0 Å². The van der Waals surface area contributed by atoms with Crippen LogP contribution in [-0.4, -0.2) is 53.1 Å². The molecule has 1 heterocycles. The third-order valence-electron chi connectivity index (χ3n) is 11.4. The fourth-order valence-electron chi connectivity index (χ4n) is 7.33. The average Bonchev–Trinajstić information content (AvgIpc) is 3.07. The summed E-state index contributed by atoms with van der Waals surface area (Å²) < 4.78 is 12.3. The third-order valence-corrected chi connectivity index (χ3v) is 16.0. The first kappa shape index (κ1) is 36.1. The van der Waals surface area contributed by atoms with Crippen LogP contribution in [-0.2, 0) is 9.22 Å². The van der Waals surface area contributed by atoms with E-state index in [1.165, 1.54) is 11.1 Å². The lowest BCUT2D eigenvalue weighted by molar-refractivity contribution is -0.124. The van der Waals surface area contributed by atoms with Gasteiger partial charge in [0, 0.05) is 50.1 Å². The first-order chi connectivity index (χ1) is 22.8. The van der Waals surface area contributed by atoms with Gasteiger partial charge < -0.3 is 19.0 Å². The number of carbonyl (C=O) groups excluding carboxylic acids is 1. The highest BCUT2D eigenvalue weighted by Crippen LogP contribution is 2.41. The van der Waals surface area contributed by atoms with Crippen molar-refractivity contribution < 1.29 is 14.0 Å². The molecule has 1 amide bonds. The SMILES string of the molecule is COc1ccc(C2CCC(CN(C(=O)C3CCC(O[Si](C)(C)C(C)(C)C)CC3)c3cccc(-c4ccc(N(C)C)nc4)c3)CC2)cc1C. The molecular weight excluding hydrogens is 611 g/mol. The molecule has 0 N–H and O–H groups in total. The largest absolute Gasteiger partial charge is 0.496 e. The Kier molecular flexibility index (Phi) is 11.4. The average molecular weight is 670 g/mol. The molecular formula is C41H59N3O3Si. The molecule has 0 radical (unpaired) electrons. The van der Waals surface area contributed by atoms with Crippen LogP contribution in [0, 0.1) is 18.8 Å². The van der Waals surface area contributed by atoms with Crippen LogP contribution in [0.15, 0.2) is 60.8 Å². The fourth-order valence-corrected chi connectivity index (χ4v) is 8.75. The zero-order valence-electron chi connectivity index (χ0n) is 31.0. The summed E-state index contributed by atoms with van der Waals surface area (Å²) in [4.78, 5) is 23.4. The van der Waals surface area contributed by atoms with Gasteiger partial charge >= 0.3 is 0 Å². The van der Waals surface area contributed by atoms with Crippen LogP contribution in [0.4, 0.5) is 11.5 Å². The van der Waals surface area contributed by atoms with Crippen LogP contribution >= 0.6 is 0 Å². The topological polar surface area (TPSA) is 54.9 Å². The first-order valence-corrected chi connectivity index (χ1v) is 21.0. The Morgan fingerprint density at radius 3 is 2.19 bits per heavy atom. The number of aryl methyl sites for hydroxylation is 1. The molecule has 2 aromatic carbocycles. The normalized spacial score (nSPS) is 21.9. The standard InChI is InChI=1S/C41H59N3O3Si/c1-29-25-34(19-23-38(29)46-7)31-15-13-30(14-16-31)28-44(36-12-10-11-33(26-36)35-20-24-39(42-27-35)43(5)6)40(45)32-17-21-37(22-18-32)47-48(8,9)41(2,3)4/h10-12,19-20,23-27,30-32,37H,13-18,21-22,28H2,1-9H3. The van der Waals surface area contributed by atoms with Crippen LogP contribution in [0.3, 0.4) is 0 Å². The number of nitrogens with zero attached hydrogens (tertiary/aromatic N) is 3. The third kappa shape index (κ3) is 8.52. The van der Waals surface area contributed by atoms with E-state index in [0.29, 0.717) is 11.8 Å². The number of hydrogen-bond donors (Lipinski definition) is 0. The highest BCUT2D eigenvalue weighted by atomic mass is 28.4. The maximum atomic E-state index is 14.5. The second kappa shape index (κ2) is 15.2. The van der Waals surface area contributed by atoms with E-state index in [0.717, 1.165) is 86.3 Å². The molecule has 0 saturated heterocycles. The van der Waals surface area contributed by atoms with Gasteiger partial charge in [-0.3, -0.25) is 4.79 Å². The summed E-state index contributed by atoms with van der Waals surface area (Å²) >= 11 is 0. The molecule has 0 aliphatic heterocycles. The predicted octanol–water partition coefficient (Wildman–Crippen LogP) is 10.0. The highest BCUT2D eigenvalue weighted by Gasteiger charge is 2.41. The van der Waals surface area contributed by atoms with Crippen LogP contribution in [0.25, 0.3) is 11.1 Å². The molecule has 7 heteroatoms. The maximum absolute atomic E-state index is 14.5. The van der Waals surface area contributed by atoms with Gasteiger partial charge in [0.15, 0.2) is 8.32 Å². The van der Waals surface area contributed by atoms with Crippen molar-refractivity contribution in [2.75, 3.05) is 37.5 Å². The Labute approximate surface area is 291 Å². The summed E-state index contributed by atoms with van der Waals surface area (Å²) in [6, 6.07) is 19.4. The lowest BCUT2D eigenvalue weighted by Gasteiger charge is -2.41. The van der Waals surface area contributed by atoms with E-state index in [1.54, 1.807) is 7.11 Å². The molecule has 2 aliphatic carbocycles. The smallest absolute Gasteiger partial charge is 0.230 e. The number of methoxy groups -OCH3 is 1. The number of ether oxygens (including phenoxy) is 1. The van der Waals surface area contributed by atoms with Crippen molar-refractivity contribution >= 4 is 25.7 Å². The van der Waals surface area contributed by atoms with Crippen molar-refractivity contribution in [3.63, 3.8) is 0 Å². The van der Waals surface area contributed by atoms with Crippen LogP contribution < -0.4 is 14.5 Å². The van der Waals surface area contributed by atoms with E-state index in [-0.39, 0.29) is 23.0 Å². The van der Waals surface area contributed by atoms with E-state index in [1.807, 2.05) is 25.2 Å². The Morgan fingerprint density at radius 2 is 1.60 bits per heavy atom. The maximum Gasteiger partial charge on any atom is 0.230 e. The molecule has 48 heavy (non-hydrogen) atoms. The van der Waals surface area contributed by atoms with Crippen molar-refractivity contribution in [2.45, 2.75) is 109 Å². The van der Waals surface area contributed by atoms with Gasteiger partial charge in [-0.25, -0.2) is 4.98 Å². The Bertz CT molecular complexity index is 1510. The van der Waals surface area contributed by atoms with Gasteiger partial charge in [0.1, 0.15) is 11.6 Å². The van der Waals surface area contributed by atoms with Gasteiger partial charge in [-0.05, 0) is 135 Å². The van der Waals surface area contributed by atoms with Gasteiger partial charge in [-0.2, -0.15) is 0 Å². The minimum atomic E-state index is -1.84. The molecule has 0 atom stereocenters. The predicted molar refractivity (Wildman–Crippen MR) is 203 cm³/mol. The number of carbonyl (C=O) groups is 1. The Hall–Kier alpha value is -3.16. The quantitative estimate of drug-likeness (QED) is 0.201. The molecule has 0 bridgehead atoms. The molecule has 2 saturated carbocycles. The molecule has 5 rings (SSSR count). The number of anilines is 2. The van der Waals surface area contributed by atoms with E-state index in [9.17, 15) is 4.79 Å². The Balaban J connectivity index is 1.32. The second-order valence-corrected chi connectivity index (χ2v) is 20.9. The second-order valence-electron chi connectivity index (χ2n) is 16.1. The molecule has 260 valence electrons. The number of hydrogen-bond acceptors (Lipinski definition) is 5. The van der Waals surface area contributed by atoms with Gasteiger partial charge in [-0.15, -0.1) is 0 Å². The van der Waals surface area contributed by atoms with Gasteiger partial charge in [0.25, 0.3) is 0 Å². The fraction of sp³-hybridized carbons (Fsp3) is 0.561. The van der Waals surface area contributed by atoms with Gasteiger partial charge in [0.05, 0.1) is 7.11 Å². The summed E-state index contributed by atoms with van der Waals surface area (Å²) in [5, 5.41) is 0.189. The molecule has 0 unspecified atom stereocenters. The molecule has 0 spiro atoms. The molecule has 3 aromatic rings. The summed E-state index contributed by atoms with van der Waals surface area (Å²) in [5.74, 6) is 3.24. The van der Waals surface area contributed by atoms with Crippen molar-refractivity contribution in [1.82, 2.24) is 4.98 Å². The molecule has 2 fully saturated rings. The summed E-state index contributed by atoms with van der Waals surface area (Å²) in [6.45, 7) is 14.5. The first-order valence-electron chi connectivity index (χ1n) is 18.1. The van der Waals surface area contributed by atoms with Crippen molar-refractivity contribution in [3.8, 4) is 16.9 Å². The van der Waals surface area contributed by atoms with Crippen molar-refractivity contribution in [3.05, 3.63) is 71.9 Å². The van der Waals surface area contributed by atoms with E-state index in [2.05, 4.69) is 105 Å². The van der Waals surface area contributed by atoms with Crippen LogP contribution in [0.1, 0.15) is 89.2 Å².